The Bertz CT molecular complexity index is 367. The van der Waals surface area contributed by atoms with Crippen molar-refractivity contribution >= 4 is 11.6 Å². The molecular weight excluding hydrogens is 225 g/mol. The number of alkyl halides is 1. The van der Waals surface area contributed by atoms with Gasteiger partial charge in [-0.3, -0.25) is 4.90 Å². The third-order valence-electron chi connectivity index (χ3n) is 3.29. The molecule has 3 heteroatoms. The number of nitrogens with zero attached hydrogens (tertiary/aromatic N) is 1. The van der Waals surface area contributed by atoms with Crippen LogP contribution in [-0.4, -0.2) is 23.9 Å². The third-order valence-corrected chi connectivity index (χ3v) is 3.73. The van der Waals surface area contributed by atoms with E-state index in [1.807, 2.05) is 13.0 Å². The molecule has 1 aliphatic rings. The van der Waals surface area contributed by atoms with E-state index < -0.39 is 0 Å². The maximum absolute atomic E-state index is 13.1. The van der Waals surface area contributed by atoms with Crippen LogP contribution in [0.3, 0.4) is 0 Å². The number of benzene rings is 1. The zero-order chi connectivity index (χ0) is 11.5. The van der Waals surface area contributed by atoms with Crippen LogP contribution in [0.25, 0.3) is 0 Å². The van der Waals surface area contributed by atoms with Crippen LogP contribution < -0.4 is 0 Å². The molecule has 1 heterocycles. The Labute approximate surface area is 101 Å². The van der Waals surface area contributed by atoms with Crippen molar-refractivity contribution in [2.24, 2.45) is 5.92 Å². The highest BCUT2D eigenvalue weighted by atomic mass is 35.5. The summed E-state index contributed by atoms with van der Waals surface area (Å²) >= 11 is 5.85. The summed E-state index contributed by atoms with van der Waals surface area (Å²) in [7, 11) is 0. The standard InChI is InChI=1S/C13H17ClFN/c1-10-2-3-13(15)6-12(10)9-16-5-4-11(7-14)8-16/h2-3,6,11H,4-5,7-9H2,1H3. The molecule has 0 amide bonds. The molecule has 0 saturated carbocycles. The van der Waals surface area contributed by atoms with Gasteiger partial charge >= 0.3 is 0 Å². The molecule has 88 valence electrons. The predicted octanol–water partition coefficient (Wildman–Crippen LogP) is 3.19. The molecule has 1 aliphatic heterocycles. The van der Waals surface area contributed by atoms with Gasteiger partial charge in [-0.2, -0.15) is 0 Å². The Morgan fingerprint density at radius 2 is 2.31 bits per heavy atom. The first-order valence-corrected chi connectivity index (χ1v) is 6.26. The molecule has 1 unspecified atom stereocenters. The Kier molecular flexibility index (Phi) is 3.82. The number of halogens is 2. The summed E-state index contributed by atoms with van der Waals surface area (Å²) in [5, 5.41) is 0. The topological polar surface area (TPSA) is 3.24 Å². The molecular formula is C13H17ClFN. The van der Waals surface area contributed by atoms with Crippen molar-refractivity contribution in [3.63, 3.8) is 0 Å². The molecule has 0 radical (unpaired) electrons. The SMILES string of the molecule is Cc1ccc(F)cc1CN1CCC(CCl)C1. The third kappa shape index (κ3) is 2.74. The van der Waals surface area contributed by atoms with Gasteiger partial charge in [-0.1, -0.05) is 6.07 Å². The van der Waals surface area contributed by atoms with Gasteiger partial charge in [-0.25, -0.2) is 4.39 Å². The fourth-order valence-corrected chi connectivity index (χ4v) is 2.49. The summed E-state index contributed by atoms with van der Waals surface area (Å²) in [5.41, 5.74) is 2.26. The highest BCUT2D eigenvalue weighted by Gasteiger charge is 2.21. The summed E-state index contributed by atoms with van der Waals surface area (Å²) in [5.74, 6) is 1.20. The molecule has 0 spiro atoms. The van der Waals surface area contributed by atoms with Crippen LogP contribution in [0.2, 0.25) is 0 Å². The van der Waals surface area contributed by atoms with Crippen LogP contribution in [0.4, 0.5) is 4.39 Å². The number of rotatable bonds is 3. The van der Waals surface area contributed by atoms with Gasteiger partial charge in [0.05, 0.1) is 0 Å². The lowest BCUT2D eigenvalue weighted by Gasteiger charge is -2.17. The van der Waals surface area contributed by atoms with Crippen molar-refractivity contribution in [1.82, 2.24) is 4.90 Å². The van der Waals surface area contributed by atoms with E-state index in [0.29, 0.717) is 5.92 Å². The minimum atomic E-state index is -0.145. The monoisotopic (exact) mass is 241 g/mol. The van der Waals surface area contributed by atoms with Crippen LogP contribution in [-0.2, 0) is 6.54 Å². The molecule has 0 aliphatic carbocycles. The van der Waals surface area contributed by atoms with Crippen molar-refractivity contribution in [1.29, 1.82) is 0 Å². The fraction of sp³-hybridized carbons (Fsp3) is 0.538. The van der Waals surface area contributed by atoms with Gasteiger partial charge in [-0.15, -0.1) is 11.6 Å². The lowest BCUT2D eigenvalue weighted by Crippen LogP contribution is -2.21. The van der Waals surface area contributed by atoms with Crippen LogP contribution >= 0.6 is 11.6 Å². The molecule has 0 N–H and O–H groups in total. The van der Waals surface area contributed by atoms with Gasteiger partial charge in [0, 0.05) is 19.0 Å². The van der Waals surface area contributed by atoms with Gasteiger partial charge in [0.25, 0.3) is 0 Å². The van der Waals surface area contributed by atoms with E-state index in [1.165, 1.54) is 6.07 Å². The van der Waals surface area contributed by atoms with E-state index in [4.69, 9.17) is 11.6 Å². The van der Waals surface area contributed by atoms with Crippen LogP contribution in [0, 0.1) is 18.7 Å². The number of likely N-dealkylation sites (tertiary alicyclic amines) is 1. The Hall–Kier alpha value is -0.600. The number of hydrogen-bond acceptors (Lipinski definition) is 1. The van der Waals surface area contributed by atoms with E-state index in [9.17, 15) is 4.39 Å². The summed E-state index contributed by atoms with van der Waals surface area (Å²) in [6.07, 6.45) is 1.16. The van der Waals surface area contributed by atoms with Crippen molar-refractivity contribution in [3.05, 3.63) is 35.1 Å². The van der Waals surface area contributed by atoms with Crippen LogP contribution in [0.5, 0.6) is 0 Å². The Balaban J connectivity index is 2.01. The zero-order valence-electron chi connectivity index (χ0n) is 9.55. The highest BCUT2D eigenvalue weighted by molar-refractivity contribution is 6.18. The van der Waals surface area contributed by atoms with Crippen molar-refractivity contribution < 1.29 is 4.39 Å². The summed E-state index contributed by atoms with van der Waals surface area (Å²) < 4.78 is 13.1. The second kappa shape index (κ2) is 5.15. The van der Waals surface area contributed by atoms with E-state index in [0.717, 1.165) is 43.1 Å². The maximum Gasteiger partial charge on any atom is 0.123 e. The molecule has 1 aromatic carbocycles. The molecule has 0 aromatic heterocycles. The minimum Gasteiger partial charge on any atom is -0.299 e. The van der Waals surface area contributed by atoms with Gasteiger partial charge in [0.2, 0.25) is 0 Å². The number of hydrogen-bond donors (Lipinski definition) is 0. The average Bonchev–Trinajstić information content (AvgIpc) is 2.71. The van der Waals surface area contributed by atoms with Crippen molar-refractivity contribution in [2.75, 3.05) is 19.0 Å². The van der Waals surface area contributed by atoms with Gasteiger partial charge < -0.3 is 0 Å². The normalized spacial score (nSPS) is 21.6. The molecule has 0 bridgehead atoms. The maximum atomic E-state index is 13.1. The lowest BCUT2D eigenvalue weighted by atomic mass is 10.1. The average molecular weight is 242 g/mol. The van der Waals surface area contributed by atoms with Crippen LogP contribution in [0.15, 0.2) is 18.2 Å². The molecule has 1 fully saturated rings. The van der Waals surface area contributed by atoms with E-state index in [2.05, 4.69) is 4.90 Å². The Morgan fingerprint density at radius 1 is 1.50 bits per heavy atom. The first kappa shape index (κ1) is 11.9. The summed E-state index contributed by atoms with van der Waals surface area (Å²) in [6.45, 7) is 4.99. The quantitative estimate of drug-likeness (QED) is 0.735. The summed E-state index contributed by atoms with van der Waals surface area (Å²) in [6, 6.07) is 5.01. The van der Waals surface area contributed by atoms with E-state index >= 15 is 0 Å². The van der Waals surface area contributed by atoms with Crippen molar-refractivity contribution in [2.45, 2.75) is 19.9 Å². The molecule has 1 atom stereocenters. The Morgan fingerprint density at radius 3 is 3.00 bits per heavy atom. The summed E-state index contributed by atoms with van der Waals surface area (Å²) in [4.78, 5) is 2.36. The second-order valence-corrected chi connectivity index (χ2v) is 4.92. The zero-order valence-corrected chi connectivity index (χ0v) is 10.3. The largest absolute Gasteiger partial charge is 0.299 e. The molecule has 1 nitrogen and oxygen atoms in total. The second-order valence-electron chi connectivity index (χ2n) is 4.61. The molecule has 16 heavy (non-hydrogen) atoms. The van der Waals surface area contributed by atoms with Crippen molar-refractivity contribution in [3.8, 4) is 0 Å². The highest BCUT2D eigenvalue weighted by Crippen LogP contribution is 2.21. The van der Waals surface area contributed by atoms with Gasteiger partial charge in [0.1, 0.15) is 5.82 Å². The predicted molar refractivity (Wildman–Crippen MR) is 65.2 cm³/mol. The molecule has 1 saturated heterocycles. The number of aryl methyl sites for hydroxylation is 1. The minimum absolute atomic E-state index is 0.145. The van der Waals surface area contributed by atoms with Gasteiger partial charge in [0.15, 0.2) is 0 Å². The lowest BCUT2D eigenvalue weighted by molar-refractivity contribution is 0.319. The van der Waals surface area contributed by atoms with E-state index in [1.54, 1.807) is 6.07 Å². The van der Waals surface area contributed by atoms with Crippen LogP contribution in [0.1, 0.15) is 17.5 Å². The first-order chi connectivity index (χ1) is 7.69. The first-order valence-electron chi connectivity index (χ1n) is 5.72. The van der Waals surface area contributed by atoms with E-state index in [-0.39, 0.29) is 5.82 Å². The molecule has 2 rings (SSSR count). The fourth-order valence-electron chi connectivity index (χ4n) is 2.23. The van der Waals surface area contributed by atoms with Gasteiger partial charge in [-0.05, 0) is 49.1 Å². The smallest absolute Gasteiger partial charge is 0.123 e. The molecule has 1 aromatic rings.